The summed E-state index contributed by atoms with van der Waals surface area (Å²) < 4.78 is 0. The first kappa shape index (κ1) is 16.0. The average Bonchev–Trinajstić information content (AvgIpc) is 2.73. The fraction of sp³-hybridized carbons (Fsp3) is 0.438. The summed E-state index contributed by atoms with van der Waals surface area (Å²) in [5.74, 6) is -0.778. The van der Waals surface area contributed by atoms with Gasteiger partial charge in [-0.05, 0) is 30.9 Å². The minimum Gasteiger partial charge on any atom is -0.347 e. The Morgan fingerprint density at radius 2 is 1.86 bits per heavy atom. The summed E-state index contributed by atoms with van der Waals surface area (Å²) in [4.78, 5) is 36.4. The number of carbonyl (C=O) groups excluding carboxylic acids is 3. The highest BCUT2D eigenvalue weighted by molar-refractivity contribution is 5.97. The first-order valence-electron chi connectivity index (χ1n) is 7.47. The van der Waals surface area contributed by atoms with Crippen molar-refractivity contribution in [3.63, 3.8) is 0 Å². The first-order chi connectivity index (χ1) is 10.6. The van der Waals surface area contributed by atoms with E-state index in [2.05, 4.69) is 10.6 Å². The number of amides is 3. The Hall–Kier alpha value is -2.37. The summed E-state index contributed by atoms with van der Waals surface area (Å²) in [7, 11) is 0. The lowest BCUT2D eigenvalue weighted by molar-refractivity contribution is -0.126. The second-order valence-corrected chi connectivity index (χ2v) is 5.32. The molecule has 0 saturated heterocycles. The molecule has 0 saturated carbocycles. The van der Waals surface area contributed by atoms with E-state index < -0.39 is 0 Å². The number of fused-ring (bicyclic) bond motifs is 1. The number of para-hydroxylation sites is 1. The van der Waals surface area contributed by atoms with Crippen LogP contribution in [0.15, 0.2) is 24.3 Å². The minimum absolute atomic E-state index is 0.0627. The highest BCUT2D eigenvalue weighted by atomic mass is 16.2. The van der Waals surface area contributed by atoms with Gasteiger partial charge in [-0.15, -0.1) is 0 Å². The van der Waals surface area contributed by atoms with Crippen molar-refractivity contribution in [1.82, 2.24) is 10.6 Å². The fourth-order valence-electron chi connectivity index (χ4n) is 2.49. The van der Waals surface area contributed by atoms with Crippen LogP contribution in [0, 0.1) is 0 Å². The Morgan fingerprint density at radius 3 is 2.64 bits per heavy atom. The third-order valence-corrected chi connectivity index (χ3v) is 3.60. The fourth-order valence-corrected chi connectivity index (χ4v) is 2.49. The standard InChI is InChI=1S/C16H21N3O3/c1-12(20)17-10-15(21)18-11-16(22)19-9-5-4-7-13-6-2-3-8-14(13)19/h2-3,6,8H,4-5,7,9-11H2,1H3,(H,17,20)(H,18,21). The van der Waals surface area contributed by atoms with Gasteiger partial charge in [0.05, 0.1) is 13.1 Å². The van der Waals surface area contributed by atoms with Crippen LogP contribution < -0.4 is 15.5 Å². The van der Waals surface area contributed by atoms with E-state index in [1.165, 1.54) is 6.92 Å². The second kappa shape index (κ2) is 7.59. The van der Waals surface area contributed by atoms with Gasteiger partial charge in [0, 0.05) is 19.2 Å². The molecule has 0 unspecified atom stereocenters. The van der Waals surface area contributed by atoms with Crippen molar-refractivity contribution in [2.75, 3.05) is 24.5 Å². The van der Waals surface area contributed by atoms with E-state index in [9.17, 15) is 14.4 Å². The number of aryl methyl sites for hydroxylation is 1. The molecule has 0 aliphatic carbocycles. The third kappa shape index (κ3) is 4.31. The van der Waals surface area contributed by atoms with E-state index >= 15 is 0 Å². The smallest absolute Gasteiger partial charge is 0.246 e. The summed E-state index contributed by atoms with van der Waals surface area (Å²) in [5, 5.41) is 4.94. The van der Waals surface area contributed by atoms with Crippen LogP contribution in [0.3, 0.4) is 0 Å². The predicted octanol–water partition coefficient (Wildman–Crippen LogP) is 0.608. The van der Waals surface area contributed by atoms with Crippen LogP contribution in [0.4, 0.5) is 5.69 Å². The van der Waals surface area contributed by atoms with Crippen molar-refractivity contribution in [2.24, 2.45) is 0 Å². The van der Waals surface area contributed by atoms with Crippen LogP contribution in [0.1, 0.15) is 25.3 Å². The predicted molar refractivity (Wildman–Crippen MR) is 83.4 cm³/mol. The Balaban J connectivity index is 1.95. The van der Waals surface area contributed by atoms with Gasteiger partial charge in [-0.2, -0.15) is 0 Å². The molecule has 2 N–H and O–H groups in total. The van der Waals surface area contributed by atoms with Gasteiger partial charge < -0.3 is 15.5 Å². The maximum absolute atomic E-state index is 12.4. The number of nitrogens with zero attached hydrogens (tertiary/aromatic N) is 1. The molecule has 1 heterocycles. The zero-order chi connectivity index (χ0) is 15.9. The maximum atomic E-state index is 12.4. The lowest BCUT2D eigenvalue weighted by Gasteiger charge is -2.23. The largest absolute Gasteiger partial charge is 0.347 e. The molecular weight excluding hydrogens is 282 g/mol. The number of carbonyl (C=O) groups is 3. The van der Waals surface area contributed by atoms with E-state index in [-0.39, 0.29) is 30.8 Å². The van der Waals surface area contributed by atoms with E-state index in [1.807, 2.05) is 24.3 Å². The van der Waals surface area contributed by atoms with Crippen molar-refractivity contribution >= 4 is 23.4 Å². The van der Waals surface area contributed by atoms with Crippen molar-refractivity contribution in [3.05, 3.63) is 29.8 Å². The molecule has 0 aromatic heterocycles. The summed E-state index contributed by atoms with van der Waals surface area (Å²) in [6, 6.07) is 7.87. The van der Waals surface area contributed by atoms with Crippen LogP contribution in [0.2, 0.25) is 0 Å². The molecule has 0 atom stereocenters. The second-order valence-electron chi connectivity index (χ2n) is 5.32. The normalized spacial score (nSPS) is 13.8. The van der Waals surface area contributed by atoms with Gasteiger partial charge in [0.15, 0.2) is 0 Å². The molecule has 0 spiro atoms. The van der Waals surface area contributed by atoms with Gasteiger partial charge in [-0.3, -0.25) is 14.4 Å². The van der Waals surface area contributed by atoms with Crippen LogP contribution in [-0.2, 0) is 20.8 Å². The Labute approximate surface area is 129 Å². The molecule has 118 valence electrons. The van der Waals surface area contributed by atoms with E-state index in [0.29, 0.717) is 6.54 Å². The van der Waals surface area contributed by atoms with Crippen LogP contribution in [0.25, 0.3) is 0 Å². The monoisotopic (exact) mass is 303 g/mol. The van der Waals surface area contributed by atoms with Gasteiger partial charge in [-0.25, -0.2) is 0 Å². The van der Waals surface area contributed by atoms with E-state index in [0.717, 1.165) is 30.5 Å². The van der Waals surface area contributed by atoms with Crippen molar-refractivity contribution in [2.45, 2.75) is 26.2 Å². The topological polar surface area (TPSA) is 78.5 Å². The number of rotatable bonds is 4. The van der Waals surface area contributed by atoms with Gasteiger partial charge in [-0.1, -0.05) is 18.2 Å². The molecule has 22 heavy (non-hydrogen) atoms. The molecule has 6 nitrogen and oxygen atoms in total. The molecule has 6 heteroatoms. The molecule has 0 radical (unpaired) electrons. The number of hydrogen-bond donors (Lipinski definition) is 2. The van der Waals surface area contributed by atoms with Crippen LogP contribution in [-0.4, -0.2) is 37.4 Å². The minimum atomic E-state index is -0.369. The number of benzene rings is 1. The SMILES string of the molecule is CC(=O)NCC(=O)NCC(=O)N1CCCCc2ccccc21. The van der Waals surface area contributed by atoms with Crippen molar-refractivity contribution in [3.8, 4) is 0 Å². The molecule has 3 amide bonds. The molecule has 0 fully saturated rings. The third-order valence-electron chi connectivity index (χ3n) is 3.60. The van der Waals surface area contributed by atoms with Crippen LogP contribution >= 0.6 is 0 Å². The number of hydrogen-bond acceptors (Lipinski definition) is 3. The summed E-state index contributed by atoms with van der Waals surface area (Å²) in [6.07, 6.45) is 2.96. The highest BCUT2D eigenvalue weighted by Crippen LogP contribution is 2.25. The van der Waals surface area contributed by atoms with Gasteiger partial charge in [0.25, 0.3) is 0 Å². The van der Waals surface area contributed by atoms with Gasteiger partial charge >= 0.3 is 0 Å². The molecule has 1 aliphatic rings. The molecule has 2 rings (SSSR count). The molecule has 1 aromatic rings. The Kier molecular flexibility index (Phi) is 5.52. The highest BCUT2D eigenvalue weighted by Gasteiger charge is 2.20. The van der Waals surface area contributed by atoms with Gasteiger partial charge in [0.1, 0.15) is 0 Å². The summed E-state index contributed by atoms with van der Waals surface area (Å²) >= 11 is 0. The van der Waals surface area contributed by atoms with E-state index in [4.69, 9.17) is 0 Å². The number of anilines is 1. The average molecular weight is 303 g/mol. The quantitative estimate of drug-likeness (QED) is 0.855. The molecular formula is C16H21N3O3. The Morgan fingerprint density at radius 1 is 1.09 bits per heavy atom. The van der Waals surface area contributed by atoms with Gasteiger partial charge in [0.2, 0.25) is 17.7 Å². The number of nitrogens with one attached hydrogen (secondary N) is 2. The molecule has 1 aliphatic heterocycles. The zero-order valence-corrected chi connectivity index (χ0v) is 12.7. The van der Waals surface area contributed by atoms with Crippen molar-refractivity contribution in [1.29, 1.82) is 0 Å². The zero-order valence-electron chi connectivity index (χ0n) is 12.7. The molecule has 1 aromatic carbocycles. The van der Waals surface area contributed by atoms with Crippen LogP contribution in [0.5, 0.6) is 0 Å². The van der Waals surface area contributed by atoms with E-state index in [1.54, 1.807) is 4.90 Å². The summed E-state index contributed by atoms with van der Waals surface area (Å²) in [5.41, 5.74) is 2.10. The van der Waals surface area contributed by atoms with Crippen molar-refractivity contribution < 1.29 is 14.4 Å². The maximum Gasteiger partial charge on any atom is 0.246 e. The Bertz CT molecular complexity index is 572. The lowest BCUT2D eigenvalue weighted by Crippen LogP contribution is -2.43. The molecule has 0 bridgehead atoms. The summed E-state index contributed by atoms with van der Waals surface area (Å²) in [6.45, 7) is 1.83. The first-order valence-corrected chi connectivity index (χ1v) is 7.47. The lowest BCUT2D eigenvalue weighted by atomic mass is 10.1.